The summed E-state index contributed by atoms with van der Waals surface area (Å²) in [6, 6.07) is 1.99. The highest BCUT2D eigenvalue weighted by molar-refractivity contribution is 8.18. The number of hydrogen-bond acceptors (Lipinski definition) is 4. The number of likely N-dealkylation sites (tertiary alicyclic amines) is 1. The van der Waals surface area contributed by atoms with Crippen molar-refractivity contribution in [2.45, 2.75) is 39.5 Å². The summed E-state index contributed by atoms with van der Waals surface area (Å²) in [6.07, 6.45) is 5.98. The summed E-state index contributed by atoms with van der Waals surface area (Å²) in [5, 5.41) is -0.366. The molecule has 0 atom stereocenters. The Morgan fingerprint density at radius 3 is 2.38 bits per heavy atom. The second-order valence-corrected chi connectivity index (χ2v) is 7.94. The molecule has 2 aliphatic rings. The van der Waals surface area contributed by atoms with Gasteiger partial charge >= 0.3 is 0 Å². The van der Waals surface area contributed by atoms with Crippen LogP contribution in [0.5, 0.6) is 0 Å². The van der Waals surface area contributed by atoms with Crippen LogP contribution in [0.2, 0.25) is 0 Å². The fraction of sp³-hybridized carbons (Fsp3) is 0.526. The monoisotopic (exact) mass is 375 g/mol. The lowest BCUT2D eigenvalue weighted by Crippen LogP contribution is -2.42. The molecule has 26 heavy (non-hydrogen) atoms. The fourth-order valence-electron chi connectivity index (χ4n) is 3.36. The van der Waals surface area contributed by atoms with Gasteiger partial charge in [0.05, 0.1) is 4.91 Å². The van der Waals surface area contributed by atoms with E-state index in [2.05, 4.69) is 0 Å². The molecular weight excluding hydrogens is 350 g/mol. The maximum Gasteiger partial charge on any atom is 0.294 e. The second kappa shape index (κ2) is 7.70. The largest absolute Gasteiger partial charge is 0.352 e. The number of nitrogens with zero attached hydrogens (tertiary/aromatic N) is 3. The first-order valence-corrected chi connectivity index (χ1v) is 9.86. The highest BCUT2D eigenvalue weighted by atomic mass is 32.2. The zero-order valence-corrected chi connectivity index (χ0v) is 16.4. The van der Waals surface area contributed by atoms with Crippen LogP contribution in [0.4, 0.5) is 4.79 Å². The zero-order chi connectivity index (χ0) is 18.8. The lowest BCUT2D eigenvalue weighted by Gasteiger charge is -2.22. The summed E-state index contributed by atoms with van der Waals surface area (Å²) in [5.41, 5.74) is 3.05. The molecule has 0 bridgehead atoms. The molecule has 0 radical (unpaired) electrons. The first-order chi connectivity index (χ1) is 12.4. The van der Waals surface area contributed by atoms with Crippen LogP contribution in [0.25, 0.3) is 6.08 Å². The molecule has 2 saturated heterocycles. The molecule has 0 aromatic carbocycles. The van der Waals surface area contributed by atoms with Gasteiger partial charge in [0.1, 0.15) is 6.54 Å². The van der Waals surface area contributed by atoms with Gasteiger partial charge in [0.2, 0.25) is 5.91 Å². The van der Waals surface area contributed by atoms with Crippen LogP contribution in [-0.2, 0) is 16.6 Å². The third-order valence-electron chi connectivity index (χ3n) is 5.23. The summed E-state index contributed by atoms with van der Waals surface area (Å²) in [6.45, 7) is 5.25. The van der Waals surface area contributed by atoms with Gasteiger partial charge in [-0.05, 0) is 56.2 Å². The number of aryl methyl sites for hydroxylation is 1. The minimum Gasteiger partial charge on any atom is -0.352 e. The van der Waals surface area contributed by atoms with Crippen molar-refractivity contribution in [3.05, 3.63) is 27.9 Å². The average Bonchev–Trinajstić information content (AvgIpc) is 2.90. The Labute approximate surface area is 158 Å². The average molecular weight is 375 g/mol. The highest BCUT2D eigenvalue weighted by Gasteiger charge is 2.37. The number of rotatable bonds is 3. The van der Waals surface area contributed by atoms with Gasteiger partial charge in [0.15, 0.2) is 0 Å². The van der Waals surface area contributed by atoms with Crippen molar-refractivity contribution < 1.29 is 14.4 Å². The molecule has 6 nitrogen and oxygen atoms in total. The Hall–Kier alpha value is -2.02. The Bertz CT molecular complexity index is 773. The van der Waals surface area contributed by atoms with Crippen LogP contribution in [0.15, 0.2) is 11.0 Å². The minimum atomic E-state index is -0.371. The van der Waals surface area contributed by atoms with Gasteiger partial charge in [-0.15, -0.1) is 0 Å². The van der Waals surface area contributed by atoms with E-state index in [1.807, 2.05) is 31.5 Å². The standard InChI is InChI=1S/C19H25N3O3S/c1-13-10-15(14(2)20(13)3)11-16-18(24)22(19(25)26-16)12-17(23)21-8-6-4-5-7-9-21/h10-11H,4-9,12H2,1-3H3/b16-11-. The molecule has 3 heterocycles. The van der Waals surface area contributed by atoms with E-state index in [4.69, 9.17) is 0 Å². The lowest BCUT2D eigenvalue weighted by atomic mass is 10.2. The molecule has 3 rings (SSSR count). The van der Waals surface area contributed by atoms with E-state index in [0.717, 1.165) is 59.3 Å². The summed E-state index contributed by atoms with van der Waals surface area (Å²) in [7, 11) is 1.97. The van der Waals surface area contributed by atoms with E-state index in [0.29, 0.717) is 18.0 Å². The van der Waals surface area contributed by atoms with E-state index in [1.54, 1.807) is 11.0 Å². The number of carbonyl (C=O) groups excluding carboxylic acids is 3. The Morgan fingerprint density at radius 1 is 1.15 bits per heavy atom. The van der Waals surface area contributed by atoms with Gasteiger partial charge in [-0.2, -0.15) is 0 Å². The topological polar surface area (TPSA) is 62.6 Å². The lowest BCUT2D eigenvalue weighted by molar-refractivity contribution is -0.135. The molecule has 3 amide bonds. The number of hydrogen-bond donors (Lipinski definition) is 0. The van der Waals surface area contributed by atoms with E-state index in [1.165, 1.54) is 0 Å². The number of amides is 3. The maximum absolute atomic E-state index is 12.6. The minimum absolute atomic E-state index is 0.137. The SMILES string of the molecule is Cc1cc(/C=C2\SC(=O)N(CC(=O)N3CCCCCC3)C2=O)c(C)n1C. The molecule has 0 spiro atoms. The molecule has 2 fully saturated rings. The molecular formula is C19H25N3O3S. The Kier molecular flexibility index (Phi) is 5.55. The van der Waals surface area contributed by atoms with Gasteiger partial charge < -0.3 is 9.47 Å². The van der Waals surface area contributed by atoms with Crippen LogP contribution in [-0.4, -0.2) is 51.1 Å². The smallest absolute Gasteiger partial charge is 0.294 e. The predicted molar refractivity (Wildman–Crippen MR) is 103 cm³/mol. The summed E-state index contributed by atoms with van der Waals surface area (Å²) < 4.78 is 2.04. The van der Waals surface area contributed by atoms with Gasteiger partial charge in [0, 0.05) is 31.5 Å². The van der Waals surface area contributed by atoms with Crippen LogP contribution in [0.3, 0.4) is 0 Å². The summed E-state index contributed by atoms with van der Waals surface area (Å²) in [4.78, 5) is 40.7. The third-order valence-corrected chi connectivity index (χ3v) is 6.13. The van der Waals surface area contributed by atoms with Crippen molar-refractivity contribution in [2.75, 3.05) is 19.6 Å². The second-order valence-electron chi connectivity index (χ2n) is 6.95. The van der Waals surface area contributed by atoms with Crippen LogP contribution in [0, 0.1) is 13.8 Å². The van der Waals surface area contributed by atoms with Crippen molar-refractivity contribution in [3.63, 3.8) is 0 Å². The fourth-order valence-corrected chi connectivity index (χ4v) is 4.19. The molecule has 0 unspecified atom stereocenters. The van der Waals surface area contributed by atoms with Gasteiger partial charge in [-0.25, -0.2) is 0 Å². The normalized spacial score (nSPS) is 20.2. The number of aromatic nitrogens is 1. The highest BCUT2D eigenvalue weighted by Crippen LogP contribution is 2.33. The van der Waals surface area contributed by atoms with Crippen molar-refractivity contribution in [1.82, 2.24) is 14.4 Å². The molecule has 0 N–H and O–H groups in total. The van der Waals surface area contributed by atoms with E-state index in [-0.39, 0.29) is 23.6 Å². The molecule has 1 aromatic rings. The first kappa shape index (κ1) is 18.8. The summed E-state index contributed by atoms with van der Waals surface area (Å²) in [5.74, 6) is -0.508. The van der Waals surface area contributed by atoms with E-state index < -0.39 is 0 Å². The van der Waals surface area contributed by atoms with Crippen LogP contribution in [0.1, 0.15) is 42.6 Å². The predicted octanol–water partition coefficient (Wildman–Crippen LogP) is 3.08. The van der Waals surface area contributed by atoms with Gasteiger partial charge in [0.25, 0.3) is 11.1 Å². The van der Waals surface area contributed by atoms with Crippen LogP contribution >= 0.6 is 11.8 Å². The first-order valence-electron chi connectivity index (χ1n) is 9.04. The Morgan fingerprint density at radius 2 is 1.81 bits per heavy atom. The van der Waals surface area contributed by atoms with Crippen molar-refractivity contribution in [2.24, 2.45) is 7.05 Å². The van der Waals surface area contributed by atoms with E-state index in [9.17, 15) is 14.4 Å². The number of imide groups is 1. The maximum atomic E-state index is 12.6. The quantitative estimate of drug-likeness (QED) is 0.762. The van der Waals surface area contributed by atoms with Crippen molar-refractivity contribution in [3.8, 4) is 0 Å². The third kappa shape index (κ3) is 3.72. The van der Waals surface area contributed by atoms with E-state index >= 15 is 0 Å². The zero-order valence-electron chi connectivity index (χ0n) is 15.6. The molecule has 0 saturated carbocycles. The van der Waals surface area contributed by atoms with Gasteiger partial charge in [-0.3, -0.25) is 19.3 Å². The number of thioether (sulfide) groups is 1. The summed E-state index contributed by atoms with van der Waals surface area (Å²) >= 11 is 0.912. The molecule has 7 heteroatoms. The molecule has 1 aromatic heterocycles. The molecule has 2 aliphatic heterocycles. The van der Waals surface area contributed by atoms with Crippen molar-refractivity contribution in [1.29, 1.82) is 0 Å². The molecule has 0 aliphatic carbocycles. The van der Waals surface area contributed by atoms with Crippen LogP contribution < -0.4 is 0 Å². The van der Waals surface area contributed by atoms with Gasteiger partial charge in [-0.1, -0.05) is 12.8 Å². The molecule has 140 valence electrons. The Balaban J connectivity index is 1.73. The number of carbonyl (C=O) groups is 3. The van der Waals surface area contributed by atoms with Crippen molar-refractivity contribution >= 4 is 34.9 Å².